The van der Waals surface area contributed by atoms with Gasteiger partial charge in [-0.25, -0.2) is 4.79 Å². The number of nitrogens with one attached hydrogen (secondary N) is 2. The molecule has 5 heteroatoms. The molecule has 0 unspecified atom stereocenters. The molecule has 0 spiro atoms. The van der Waals surface area contributed by atoms with Crippen LogP contribution in [0, 0.1) is 5.92 Å². The molecule has 2 aromatic carbocycles. The quantitative estimate of drug-likeness (QED) is 0.843. The topological polar surface area (TPSA) is 61.4 Å². The first-order chi connectivity index (χ1) is 13.1. The van der Waals surface area contributed by atoms with Crippen LogP contribution in [0.4, 0.5) is 10.5 Å². The van der Waals surface area contributed by atoms with Crippen LogP contribution < -0.4 is 10.6 Å². The van der Waals surface area contributed by atoms with E-state index < -0.39 is 0 Å². The summed E-state index contributed by atoms with van der Waals surface area (Å²) in [5.41, 5.74) is 2.53. The van der Waals surface area contributed by atoms with Crippen LogP contribution in [0.3, 0.4) is 0 Å². The van der Waals surface area contributed by atoms with E-state index in [1.807, 2.05) is 35.2 Å². The van der Waals surface area contributed by atoms with Crippen molar-refractivity contribution < 1.29 is 9.59 Å². The smallest absolute Gasteiger partial charge is 0.319 e. The Hall–Kier alpha value is -2.82. The van der Waals surface area contributed by atoms with Crippen molar-refractivity contribution in [3.63, 3.8) is 0 Å². The molecule has 3 rings (SSSR count). The highest BCUT2D eigenvalue weighted by Gasteiger charge is 2.21. The molecule has 5 nitrogen and oxygen atoms in total. The zero-order valence-electron chi connectivity index (χ0n) is 15.8. The molecule has 0 bridgehead atoms. The van der Waals surface area contributed by atoms with Crippen molar-refractivity contribution in [1.82, 2.24) is 10.2 Å². The van der Waals surface area contributed by atoms with Gasteiger partial charge in [0.15, 0.2) is 0 Å². The van der Waals surface area contributed by atoms with Crippen molar-refractivity contribution in [3.8, 4) is 0 Å². The molecule has 0 radical (unpaired) electrons. The zero-order chi connectivity index (χ0) is 19.1. The van der Waals surface area contributed by atoms with E-state index in [1.54, 1.807) is 24.3 Å². The lowest BCUT2D eigenvalue weighted by molar-refractivity contribution is 0.0697. The summed E-state index contributed by atoms with van der Waals surface area (Å²) in [5.74, 6) is 0.766. The van der Waals surface area contributed by atoms with Gasteiger partial charge in [-0.15, -0.1) is 0 Å². The summed E-state index contributed by atoms with van der Waals surface area (Å²) in [6.07, 6.45) is 2.92. The van der Waals surface area contributed by atoms with E-state index in [2.05, 4.69) is 17.6 Å². The summed E-state index contributed by atoms with van der Waals surface area (Å²) < 4.78 is 0. The number of carbonyl (C=O) groups excluding carboxylic acids is 2. The molecule has 1 aliphatic heterocycles. The third-order valence-electron chi connectivity index (χ3n) is 5.00. The number of carbonyl (C=O) groups is 2. The minimum Gasteiger partial charge on any atom is -0.339 e. The van der Waals surface area contributed by atoms with Gasteiger partial charge in [0.2, 0.25) is 0 Å². The molecule has 0 saturated carbocycles. The highest BCUT2D eigenvalue weighted by atomic mass is 16.2. The van der Waals surface area contributed by atoms with Gasteiger partial charge >= 0.3 is 6.03 Å². The molecule has 1 aliphatic rings. The molecule has 3 amide bonds. The number of amides is 3. The van der Waals surface area contributed by atoms with Gasteiger partial charge in [-0.1, -0.05) is 37.3 Å². The summed E-state index contributed by atoms with van der Waals surface area (Å²) in [7, 11) is 0. The fraction of sp³-hybridized carbons (Fsp3) is 0.364. The van der Waals surface area contributed by atoms with Crippen LogP contribution in [0.5, 0.6) is 0 Å². The number of piperidine rings is 1. The molecule has 0 aliphatic carbocycles. The Morgan fingerprint density at radius 3 is 2.33 bits per heavy atom. The number of hydrogen-bond donors (Lipinski definition) is 2. The SMILES string of the molecule is CC1CCN(C(=O)c2ccc(NC(=O)NCCc3ccccc3)cc2)CC1. The Morgan fingerprint density at radius 2 is 1.67 bits per heavy atom. The first-order valence-electron chi connectivity index (χ1n) is 9.60. The molecule has 1 saturated heterocycles. The lowest BCUT2D eigenvalue weighted by Crippen LogP contribution is -2.37. The van der Waals surface area contributed by atoms with E-state index in [0.717, 1.165) is 32.4 Å². The van der Waals surface area contributed by atoms with Gasteiger partial charge in [-0.3, -0.25) is 4.79 Å². The Morgan fingerprint density at radius 1 is 1.00 bits per heavy atom. The molecule has 27 heavy (non-hydrogen) atoms. The number of anilines is 1. The fourth-order valence-electron chi connectivity index (χ4n) is 3.23. The monoisotopic (exact) mass is 365 g/mol. The molecule has 1 heterocycles. The van der Waals surface area contributed by atoms with Crippen LogP contribution in [0.15, 0.2) is 54.6 Å². The third-order valence-corrected chi connectivity index (χ3v) is 5.00. The molecule has 0 aromatic heterocycles. The lowest BCUT2D eigenvalue weighted by Gasteiger charge is -2.30. The maximum atomic E-state index is 12.5. The summed E-state index contributed by atoms with van der Waals surface area (Å²) in [5, 5.41) is 5.65. The first-order valence-corrected chi connectivity index (χ1v) is 9.60. The predicted molar refractivity (Wildman–Crippen MR) is 108 cm³/mol. The molecule has 0 atom stereocenters. The van der Waals surface area contributed by atoms with E-state index in [0.29, 0.717) is 23.7 Å². The summed E-state index contributed by atoms with van der Waals surface area (Å²) in [6.45, 7) is 4.45. The van der Waals surface area contributed by atoms with Gasteiger partial charge in [0.25, 0.3) is 5.91 Å². The maximum absolute atomic E-state index is 12.5. The van der Waals surface area contributed by atoms with Crippen molar-refractivity contribution in [3.05, 3.63) is 65.7 Å². The molecular weight excluding hydrogens is 338 g/mol. The largest absolute Gasteiger partial charge is 0.339 e. The van der Waals surface area contributed by atoms with E-state index >= 15 is 0 Å². The minimum absolute atomic E-state index is 0.0702. The molecule has 2 N–H and O–H groups in total. The average Bonchev–Trinajstić information content (AvgIpc) is 2.69. The normalized spacial score (nSPS) is 14.6. The highest BCUT2D eigenvalue weighted by Crippen LogP contribution is 2.19. The number of rotatable bonds is 5. The Labute approximate surface area is 160 Å². The van der Waals surface area contributed by atoms with Crippen LogP contribution in [-0.2, 0) is 6.42 Å². The van der Waals surface area contributed by atoms with Crippen molar-refractivity contribution in [2.24, 2.45) is 5.92 Å². The summed E-state index contributed by atoms with van der Waals surface area (Å²) in [6, 6.07) is 16.9. The van der Waals surface area contributed by atoms with E-state index in [-0.39, 0.29) is 11.9 Å². The van der Waals surface area contributed by atoms with Crippen molar-refractivity contribution in [2.45, 2.75) is 26.2 Å². The second-order valence-corrected chi connectivity index (χ2v) is 7.17. The Bertz CT molecular complexity index is 751. The van der Waals surface area contributed by atoms with Gasteiger partial charge in [-0.2, -0.15) is 0 Å². The van der Waals surface area contributed by atoms with Gasteiger partial charge in [-0.05, 0) is 55.0 Å². The molecule has 1 fully saturated rings. The van der Waals surface area contributed by atoms with Crippen LogP contribution >= 0.6 is 0 Å². The zero-order valence-corrected chi connectivity index (χ0v) is 15.8. The highest BCUT2D eigenvalue weighted by molar-refractivity contribution is 5.95. The number of benzene rings is 2. The van der Waals surface area contributed by atoms with Crippen LogP contribution in [0.25, 0.3) is 0 Å². The standard InChI is InChI=1S/C22H27N3O2/c1-17-12-15-25(16-13-17)21(26)19-7-9-20(10-8-19)24-22(27)23-14-11-18-5-3-2-4-6-18/h2-10,17H,11-16H2,1H3,(H2,23,24,27). The van der Waals surface area contributed by atoms with Gasteiger partial charge < -0.3 is 15.5 Å². The lowest BCUT2D eigenvalue weighted by atomic mass is 9.98. The number of likely N-dealkylation sites (tertiary alicyclic amines) is 1. The van der Waals surface area contributed by atoms with Crippen LogP contribution in [0.2, 0.25) is 0 Å². The second-order valence-electron chi connectivity index (χ2n) is 7.17. The van der Waals surface area contributed by atoms with Crippen molar-refractivity contribution >= 4 is 17.6 Å². The predicted octanol–water partition coefficient (Wildman–Crippen LogP) is 3.92. The minimum atomic E-state index is -0.241. The molecular formula is C22H27N3O2. The second kappa shape index (κ2) is 9.21. The van der Waals surface area contributed by atoms with Gasteiger partial charge in [0.05, 0.1) is 0 Å². The number of nitrogens with zero attached hydrogens (tertiary/aromatic N) is 1. The molecule has 2 aromatic rings. The third kappa shape index (κ3) is 5.58. The van der Waals surface area contributed by atoms with Crippen molar-refractivity contribution in [2.75, 3.05) is 25.0 Å². The van der Waals surface area contributed by atoms with Gasteiger partial charge in [0, 0.05) is 30.9 Å². The van der Waals surface area contributed by atoms with Crippen LogP contribution in [-0.4, -0.2) is 36.5 Å². The van der Waals surface area contributed by atoms with Crippen molar-refractivity contribution in [1.29, 1.82) is 0 Å². The Kier molecular flexibility index (Phi) is 6.47. The number of urea groups is 1. The van der Waals surface area contributed by atoms with E-state index in [9.17, 15) is 9.59 Å². The summed E-state index contributed by atoms with van der Waals surface area (Å²) >= 11 is 0. The summed E-state index contributed by atoms with van der Waals surface area (Å²) in [4.78, 5) is 26.5. The Balaban J connectivity index is 1.45. The average molecular weight is 365 g/mol. The first kappa shape index (κ1) is 19.0. The number of hydrogen-bond acceptors (Lipinski definition) is 2. The van der Waals surface area contributed by atoms with E-state index in [4.69, 9.17) is 0 Å². The van der Waals surface area contributed by atoms with Crippen LogP contribution in [0.1, 0.15) is 35.7 Å². The molecule has 142 valence electrons. The fourth-order valence-corrected chi connectivity index (χ4v) is 3.23. The maximum Gasteiger partial charge on any atom is 0.319 e. The van der Waals surface area contributed by atoms with E-state index in [1.165, 1.54) is 5.56 Å². The van der Waals surface area contributed by atoms with Gasteiger partial charge in [0.1, 0.15) is 0 Å².